The van der Waals surface area contributed by atoms with E-state index >= 15 is 0 Å². The largest absolute Gasteiger partial charge is 0.353 e. The third-order valence-electron chi connectivity index (χ3n) is 2.61. The fraction of sp³-hybridized carbons (Fsp3) is 0.600. The molecule has 1 unspecified atom stereocenters. The van der Waals surface area contributed by atoms with Gasteiger partial charge in [0.25, 0.3) is 0 Å². The fourth-order valence-electron chi connectivity index (χ4n) is 1.48. The molecule has 0 heterocycles. The molecular formula is C15H24O2. The Balaban J connectivity index is 2.23. The molecule has 17 heavy (non-hydrogen) atoms. The Morgan fingerprint density at radius 3 is 2.35 bits per heavy atom. The molecule has 1 rings (SSSR count). The first-order valence-corrected chi connectivity index (χ1v) is 6.49. The predicted octanol–water partition coefficient (Wildman–Crippen LogP) is 4.00. The number of hydrogen-bond donors (Lipinski definition) is 0. The molecule has 0 amide bonds. The summed E-state index contributed by atoms with van der Waals surface area (Å²) >= 11 is 0. The zero-order valence-electron chi connectivity index (χ0n) is 11.2. The average Bonchev–Trinajstić information content (AvgIpc) is 2.34. The molecule has 96 valence electrons. The molecule has 2 nitrogen and oxygen atoms in total. The van der Waals surface area contributed by atoms with Crippen molar-refractivity contribution in [3.63, 3.8) is 0 Å². The van der Waals surface area contributed by atoms with Crippen molar-refractivity contribution >= 4 is 0 Å². The summed E-state index contributed by atoms with van der Waals surface area (Å²) in [5.74, 6) is 0.682. The summed E-state index contributed by atoms with van der Waals surface area (Å²) in [5.41, 5.74) is 1.19. The molecule has 0 N–H and O–H groups in total. The fourth-order valence-corrected chi connectivity index (χ4v) is 1.48. The molecule has 0 fully saturated rings. The van der Waals surface area contributed by atoms with Crippen molar-refractivity contribution in [2.75, 3.05) is 6.61 Å². The van der Waals surface area contributed by atoms with E-state index in [9.17, 15) is 0 Å². The van der Waals surface area contributed by atoms with Gasteiger partial charge in [0.2, 0.25) is 0 Å². The lowest BCUT2D eigenvalue weighted by Gasteiger charge is -2.17. The van der Waals surface area contributed by atoms with Gasteiger partial charge in [0.15, 0.2) is 6.29 Å². The van der Waals surface area contributed by atoms with Crippen LogP contribution in [-0.2, 0) is 16.1 Å². The van der Waals surface area contributed by atoms with Crippen molar-refractivity contribution in [1.82, 2.24) is 0 Å². The second-order valence-corrected chi connectivity index (χ2v) is 4.69. The quantitative estimate of drug-likeness (QED) is 0.635. The van der Waals surface area contributed by atoms with Crippen LogP contribution in [-0.4, -0.2) is 12.9 Å². The van der Waals surface area contributed by atoms with Gasteiger partial charge in [-0.25, -0.2) is 0 Å². The minimum absolute atomic E-state index is 0.0750. The maximum atomic E-state index is 5.74. The highest BCUT2D eigenvalue weighted by Crippen LogP contribution is 2.08. The van der Waals surface area contributed by atoms with Gasteiger partial charge in [-0.05, 0) is 24.3 Å². The summed E-state index contributed by atoms with van der Waals surface area (Å²) < 4.78 is 11.4. The first kappa shape index (κ1) is 14.2. The molecule has 0 spiro atoms. The summed E-state index contributed by atoms with van der Waals surface area (Å²) in [6.07, 6.45) is 1.91. The third-order valence-corrected chi connectivity index (χ3v) is 2.61. The van der Waals surface area contributed by atoms with E-state index in [2.05, 4.69) is 32.9 Å². The minimum atomic E-state index is -0.0750. The predicted molar refractivity (Wildman–Crippen MR) is 70.7 cm³/mol. The standard InChI is InChI=1S/C15H24O2/c1-4-15(16-11-10-13(2)3)17-12-14-8-6-5-7-9-14/h5-9,13,15H,4,10-12H2,1-3H3. The van der Waals surface area contributed by atoms with Gasteiger partial charge in [0.05, 0.1) is 6.61 Å². The molecule has 0 bridgehead atoms. The van der Waals surface area contributed by atoms with Crippen molar-refractivity contribution in [2.45, 2.75) is 46.5 Å². The van der Waals surface area contributed by atoms with E-state index in [4.69, 9.17) is 9.47 Å². The maximum absolute atomic E-state index is 5.74. The molecule has 0 aliphatic carbocycles. The Morgan fingerprint density at radius 2 is 1.76 bits per heavy atom. The Hall–Kier alpha value is -0.860. The van der Waals surface area contributed by atoms with Gasteiger partial charge in [0, 0.05) is 6.61 Å². The van der Waals surface area contributed by atoms with E-state index in [1.165, 1.54) is 5.56 Å². The van der Waals surface area contributed by atoms with Gasteiger partial charge in [-0.15, -0.1) is 0 Å². The molecule has 0 aliphatic rings. The Labute approximate surface area is 105 Å². The average molecular weight is 236 g/mol. The van der Waals surface area contributed by atoms with E-state index in [1.54, 1.807) is 0 Å². The van der Waals surface area contributed by atoms with Crippen molar-refractivity contribution < 1.29 is 9.47 Å². The van der Waals surface area contributed by atoms with Gasteiger partial charge in [-0.1, -0.05) is 51.1 Å². The smallest absolute Gasteiger partial charge is 0.157 e. The first-order chi connectivity index (χ1) is 8.22. The Morgan fingerprint density at radius 1 is 1.06 bits per heavy atom. The molecular weight excluding hydrogens is 212 g/mol. The highest BCUT2D eigenvalue weighted by molar-refractivity contribution is 5.13. The Bertz CT molecular complexity index is 282. The summed E-state index contributed by atoms with van der Waals surface area (Å²) in [6.45, 7) is 7.90. The molecule has 0 aromatic heterocycles. The van der Waals surface area contributed by atoms with E-state index in [1.807, 2.05) is 18.2 Å². The van der Waals surface area contributed by atoms with Crippen LogP contribution in [0.3, 0.4) is 0 Å². The van der Waals surface area contributed by atoms with Crippen LogP contribution in [0.2, 0.25) is 0 Å². The highest BCUT2D eigenvalue weighted by atomic mass is 16.7. The van der Waals surface area contributed by atoms with Crippen LogP contribution in [0.1, 0.15) is 39.2 Å². The monoisotopic (exact) mass is 236 g/mol. The lowest BCUT2D eigenvalue weighted by molar-refractivity contribution is -0.152. The number of ether oxygens (including phenoxy) is 2. The summed E-state index contributed by atoms with van der Waals surface area (Å²) in [4.78, 5) is 0. The van der Waals surface area contributed by atoms with Crippen LogP contribution < -0.4 is 0 Å². The molecule has 1 aromatic carbocycles. The molecule has 1 aromatic rings. The minimum Gasteiger partial charge on any atom is -0.353 e. The van der Waals surface area contributed by atoms with Gasteiger partial charge in [0.1, 0.15) is 0 Å². The van der Waals surface area contributed by atoms with E-state index in [0.717, 1.165) is 19.4 Å². The van der Waals surface area contributed by atoms with Crippen LogP contribution in [0.5, 0.6) is 0 Å². The highest BCUT2D eigenvalue weighted by Gasteiger charge is 2.07. The van der Waals surface area contributed by atoms with Crippen LogP contribution in [0.4, 0.5) is 0 Å². The number of hydrogen-bond acceptors (Lipinski definition) is 2. The molecule has 1 atom stereocenters. The summed E-state index contributed by atoms with van der Waals surface area (Å²) in [5, 5.41) is 0. The van der Waals surface area contributed by atoms with E-state index in [0.29, 0.717) is 12.5 Å². The second kappa shape index (κ2) is 8.26. The van der Waals surface area contributed by atoms with Crippen molar-refractivity contribution in [3.8, 4) is 0 Å². The van der Waals surface area contributed by atoms with Crippen molar-refractivity contribution in [1.29, 1.82) is 0 Å². The van der Waals surface area contributed by atoms with Gasteiger partial charge < -0.3 is 9.47 Å². The molecule has 0 saturated heterocycles. The zero-order valence-corrected chi connectivity index (χ0v) is 11.2. The maximum Gasteiger partial charge on any atom is 0.157 e. The summed E-state index contributed by atoms with van der Waals surface area (Å²) in [6, 6.07) is 10.2. The molecule has 2 heteroatoms. The number of rotatable bonds is 8. The lowest BCUT2D eigenvalue weighted by Crippen LogP contribution is -2.17. The first-order valence-electron chi connectivity index (χ1n) is 6.49. The summed E-state index contributed by atoms with van der Waals surface area (Å²) in [7, 11) is 0. The second-order valence-electron chi connectivity index (χ2n) is 4.69. The van der Waals surface area contributed by atoms with E-state index < -0.39 is 0 Å². The van der Waals surface area contributed by atoms with Crippen LogP contribution in [0.25, 0.3) is 0 Å². The molecule has 0 aliphatic heterocycles. The number of benzene rings is 1. The van der Waals surface area contributed by atoms with Crippen LogP contribution in [0, 0.1) is 5.92 Å². The lowest BCUT2D eigenvalue weighted by atomic mass is 10.1. The van der Waals surface area contributed by atoms with Gasteiger partial charge in [-0.3, -0.25) is 0 Å². The van der Waals surface area contributed by atoms with Crippen LogP contribution in [0.15, 0.2) is 30.3 Å². The topological polar surface area (TPSA) is 18.5 Å². The van der Waals surface area contributed by atoms with Crippen molar-refractivity contribution in [2.24, 2.45) is 5.92 Å². The zero-order chi connectivity index (χ0) is 12.5. The van der Waals surface area contributed by atoms with Gasteiger partial charge >= 0.3 is 0 Å². The molecule has 0 saturated carbocycles. The van der Waals surface area contributed by atoms with Crippen molar-refractivity contribution in [3.05, 3.63) is 35.9 Å². The normalized spacial score (nSPS) is 12.9. The SMILES string of the molecule is CCC(OCCC(C)C)OCc1ccccc1. The van der Waals surface area contributed by atoms with Crippen LogP contribution >= 0.6 is 0 Å². The Kier molecular flexibility index (Phi) is 6.90. The van der Waals surface area contributed by atoms with Gasteiger partial charge in [-0.2, -0.15) is 0 Å². The molecule has 0 radical (unpaired) electrons. The third kappa shape index (κ3) is 6.44. The van der Waals surface area contributed by atoms with E-state index in [-0.39, 0.29) is 6.29 Å².